The van der Waals surface area contributed by atoms with Gasteiger partial charge in [0.15, 0.2) is 0 Å². The van der Waals surface area contributed by atoms with Gasteiger partial charge in [-0.05, 0) is 77.2 Å². The second-order valence-electron chi connectivity index (χ2n) is 7.36. The van der Waals surface area contributed by atoms with Crippen molar-refractivity contribution < 1.29 is 0 Å². The first-order chi connectivity index (χ1) is 10.4. The second-order valence-corrected chi connectivity index (χ2v) is 7.36. The summed E-state index contributed by atoms with van der Waals surface area (Å²) in [4.78, 5) is 5.40. The SMILES string of the molecule is CCN(CCCCCN1CCCCC1)CC1CCCCC1. The van der Waals surface area contributed by atoms with Crippen molar-refractivity contribution in [3.05, 3.63) is 0 Å². The molecule has 2 heteroatoms. The van der Waals surface area contributed by atoms with Crippen LogP contribution in [0.3, 0.4) is 0 Å². The average molecular weight is 295 g/mol. The quantitative estimate of drug-likeness (QED) is 0.576. The van der Waals surface area contributed by atoms with Crippen molar-refractivity contribution in [2.75, 3.05) is 39.3 Å². The van der Waals surface area contributed by atoms with Gasteiger partial charge < -0.3 is 9.80 Å². The van der Waals surface area contributed by atoms with Crippen LogP contribution in [0, 0.1) is 5.92 Å². The van der Waals surface area contributed by atoms with E-state index in [4.69, 9.17) is 0 Å². The molecule has 1 saturated heterocycles. The van der Waals surface area contributed by atoms with Gasteiger partial charge in [0.1, 0.15) is 0 Å². The Balaban J connectivity index is 1.49. The van der Waals surface area contributed by atoms with E-state index in [9.17, 15) is 0 Å². The first-order valence-corrected chi connectivity index (χ1v) is 9.83. The Hall–Kier alpha value is -0.0800. The van der Waals surface area contributed by atoms with Gasteiger partial charge in [0, 0.05) is 6.54 Å². The van der Waals surface area contributed by atoms with E-state index in [1.807, 2.05) is 0 Å². The van der Waals surface area contributed by atoms with Crippen LogP contribution in [-0.2, 0) is 0 Å². The van der Waals surface area contributed by atoms with Gasteiger partial charge in [-0.3, -0.25) is 0 Å². The highest BCUT2D eigenvalue weighted by atomic mass is 15.1. The normalized spacial score (nSPS) is 22.0. The topological polar surface area (TPSA) is 6.48 Å². The molecule has 0 N–H and O–H groups in total. The molecular formula is C19H38N2. The number of hydrogen-bond donors (Lipinski definition) is 0. The van der Waals surface area contributed by atoms with Crippen LogP contribution in [0.5, 0.6) is 0 Å². The summed E-state index contributed by atoms with van der Waals surface area (Å²) in [6.07, 6.45) is 16.0. The molecule has 0 radical (unpaired) electrons. The van der Waals surface area contributed by atoms with Crippen molar-refractivity contribution in [1.29, 1.82) is 0 Å². The molecule has 21 heavy (non-hydrogen) atoms. The Morgan fingerprint density at radius 1 is 0.857 bits per heavy atom. The Kier molecular flexibility index (Phi) is 8.73. The van der Waals surface area contributed by atoms with Gasteiger partial charge in [-0.25, -0.2) is 0 Å². The van der Waals surface area contributed by atoms with Crippen LogP contribution in [0.2, 0.25) is 0 Å². The minimum atomic E-state index is 1.01. The van der Waals surface area contributed by atoms with Crippen molar-refractivity contribution >= 4 is 0 Å². The van der Waals surface area contributed by atoms with Crippen molar-refractivity contribution in [2.24, 2.45) is 5.92 Å². The zero-order chi connectivity index (χ0) is 14.8. The van der Waals surface area contributed by atoms with E-state index >= 15 is 0 Å². The molecule has 1 saturated carbocycles. The molecule has 0 spiro atoms. The first-order valence-electron chi connectivity index (χ1n) is 9.83. The molecule has 0 atom stereocenters. The van der Waals surface area contributed by atoms with E-state index < -0.39 is 0 Å². The summed E-state index contributed by atoms with van der Waals surface area (Å²) >= 11 is 0. The highest BCUT2D eigenvalue weighted by Gasteiger charge is 2.16. The van der Waals surface area contributed by atoms with Gasteiger partial charge in [0.2, 0.25) is 0 Å². The fraction of sp³-hybridized carbons (Fsp3) is 1.00. The van der Waals surface area contributed by atoms with Crippen molar-refractivity contribution in [3.63, 3.8) is 0 Å². The van der Waals surface area contributed by atoms with E-state index in [2.05, 4.69) is 16.7 Å². The molecule has 0 aromatic rings. The third kappa shape index (κ3) is 7.15. The summed E-state index contributed by atoms with van der Waals surface area (Å²) in [5, 5.41) is 0. The fourth-order valence-electron chi connectivity index (χ4n) is 4.14. The van der Waals surface area contributed by atoms with Gasteiger partial charge >= 0.3 is 0 Å². The summed E-state index contributed by atoms with van der Waals surface area (Å²) in [7, 11) is 0. The molecule has 2 fully saturated rings. The molecule has 2 rings (SSSR count). The van der Waals surface area contributed by atoms with E-state index in [0.717, 1.165) is 5.92 Å². The third-order valence-corrected chi connectivity index (χ3v) is 5.59. The molecule has 0 aromatic heterocycles. The maximum absolute atomic E-state index is 2.72. The predicted octanol–water partition coefficient (Wildman–Crippen LogP) is 4.54. The summed E-state index contributed by atoms with van der Waals surface area (Å²) < 4.78 is 0. The molecule has 0 unspecified atom stereocenters. The Bertz CT molecular complexity index is 242. The van der Waals surface area contributed by atoms with Crippen LogP contribution in [0.1, 0.15) is 77.6 Å². The lowest BCUT2D eigenvalue weighted by atomic mass is 9.89. The molecule has 0 amide bonds. The lowest BCUT2D eigenvalue weighted by Gasteiger charge is -2.29. The zero-order valence-corrected chi connectivity index (χ0v) is 14.5. The van der Waals surface area contributed by atoms with Crippen LogP contribution >= 0.6 is 0 Å². The van der Waals surface area contributed by atoms with Gasteiger partial charge in [0.05, 0.1) is 0 Å². The monoisotopic (exact) mass is 294 g/mol. The molecule has 1 aliphatic carbocycles. The summed E-state index contributed by atoms with van der Waals surface area (Å²) in [5.41, 5.74) is 0. The highest BCUT2D eigenvalue weighted by molar-refractivity contribution is 4.70. The van der Waals surface area contributed by atoms with Crippen LogP contribution in [0.25, 0.3) is 0 Å². The Labute approximate surface area is 133 Å². The van der Waals surface area contributed by atoms with Gasteiger partial charge in [-0.1, -0.05) is 39.0 Å². The van der Waals surface area contributed by atoms with Crippen molar-refractivity contribution in [1.82, 2.24) is 9.80 Å². The Morgan fingerprint density at radius 3 is 2.29 bits per heavy atom. The van der Waals surface area contributed by atoms with Crippen molar-refractivity contribution in [2.45, 2.75) is 77.6 Å². The number of unbranched alkanes of at least 4 members (excludes halogenated alkanes) is 2. The van der Waals surface area contributed by atoms with E-state index in [1.54, 1.807) is 0 Å². The molecule has 124 valence electrons. The highest BCUT2D eigenvalue weighted by Crippen LogP contribution is 2.24. The zero-order valence-electron chi connectivity index (χ0n) is 14.5. The van der Waals surface area contributed by atoms with Crippen LogP contribution < -0.4 is 0 Å². The minimum Gasteiger partial charge on any atom is -0.303 e. The number of piperidine rings is 1. The summed E-state index contributed by atoms with van der Waals surface area (Å²) in [6.45, 7) is 10.4. The molecule has 0 aromatic carbocycles. The van der Waals surface area contributed by atoms with Gasteiger partial charge in [-0.15, -0.1) is 0 Å². The third-order valence-electron chi connectivity index (χ3n) is 5.59. The van der Waals surface area contributed by atoms with Gasteiger partial charge in [0.25, 0.3) is 0 Å². The predicted molar refractivity (Wildman–Crippen MR) is 92.8 cm³/mol. The summed E-state index contributed by atoms with van der Waals surface area (Å²) in [5.74, 6) is 1.01. The van der Waals surface area contributed by atoms with E-state index in [0.29, 0.717) is 0 Å². The second kappa shape index (κ2) is 10.6. The minimum absolute atomic E-state index is 1.01. The molecular weight excluding hydrogens is 256 g/mol. The maximum atomic E-state index is 2.72. The first kappa shape index (κ1) is 17.3. The van der Waals surface area contributed by atoms with Crippen LogP contribution in [0.4, 0.5) is 0 Å². The van der Waals surface area contributed by atoms with Crippen LogP contribution in [-0.4, -0.2) is 49.1 Å². The van der Waals surface area contributed by atoms with Gasteiger partial charge in [-0.2, -0.15) is 0 Å². The molecule has 2 nitrogen and oxygen atoms in total. The van der Waals surface area contributed by atoms with Crippen molar-refractivity contribution in [3.8, 4) is 0 Å². The van der Waals surface area contributed by atoms with E-state index in [1.165, 1.54) is 110 Å². The van der Waals surface area contributed by atoms with E-state index in [-0.39, 0.29) is 0 Å². The molecule has 1 aliphatic heterocycles. The number of rotatable bonds is 9. The smallest absolute Gasteiger partial charge is 0.000954 e. The largest absolute Gasteiger partial charge is 0.303 e. The maximum Gasteiger partial charge on any atom is 0.000954 e. The van der Waals surface area contributed by atoms with Crippen LogP contribution in [0.15, 0.2) is 0 Å². The molecule has 0 bridgehead atoms. The number of hydrogen-bond acceptors (Lipinski definition) is 2. The standard InChI is InChI=1S/C19H38N2/c1-2-20(18-19-12-6-3-7-13-19)14-8-4-9-15-21-16-10-5-11-17-21/h19H,2-18H2,1H3. The fourth-order valence-corrected chi connectivity index (χ4v) is 4.14. The average Bonchev–Trinajstić information content (AvgIpc) is 2.55. The number of nitrogens with zero attached hydrogens (tertiary/aromatic N) is 2. The lowest BCUT2D eigenvalue weighted by Crippen LogP contribution is -2.32. The Morgan fingerprint density at radius 2 is 1.57 bits per heavy atom. The molecule has 1 heterocycles. The number of likely N-dealkylation sites (tertiary alicyclic amines) is 1. The lowest BCUT2D eigenvalue weighted by molar-refractivity contribution is 0.199. The summed E-state index contributed by atoms with van der Waals surface area (Å²) in [6, 6.07) is 0. The molecule has 2 aliphatic rings.